The van der Waals surface area contributed by atoms with Crippen LogP contribution < -0.4 is 10.1 Å². The molecular formula is C18H26Cl2N2O3. The first-order chi connectivity index (χ1) is 11.6. The van der Waals surface area contributed by atoms with Crippen molar-refractivity contribution in [3.05, 3.63) is 28.2 Å². The van der Waals surface area contributed by atoms with E-state index in [1.807, 2.05) is 27.7 Å². The number of carbonyl (C=O) groups excluding carboxylic acids is 2. The Morgan fingerprint density at radius 2 is 1.92 bits per heavy atom. The second kappa shape index (κ2) is 9.88. The molecule has 1 N–H and O–H groups in total. The summed E-state index contributed by atoms with van der Waals surface area (Å²) >= 11 is 11.9. The van der Waals surface area contributed by atoms with Crippen molar-refractivity contribution in [2.45, 2.75) is 46.1 Å². The second-order valence-corrected chi connectivity index (χ2v) is 7.58. The molecule has 0 bridgehead atoms. The minimum atomic E-state index is -0.314. The Kier molecular flexibility index (Phi) is 8.53. The quantitative estimate of drug-likeness (QED) is 0.686. The summed E-state index contributed by atoms with van der Waals surface area (Å²) in [4.78, 5) is 25.7. The molecule has 0 saturated carbocycles. The van der Waals surface area contributed by atoms with E-state index in [2.05, 4.69) is 5.32 Å². The van der Waals surface area contributed by atoms with Crippen molar-refractivity contribution in [1.29, 1.82) is 0 Å². The summed E-state index contributed by atoms with van der Waals surface area (Å²) in [6.45, 7) is 8.48. The first-order valence-electron chi connectivity index (χ1n) is 8.29. The fraction of sp³-hybridized carbons (Fsp3) is 0.556. The van der Waals surface area contributed by atoms with Gasteiger partial charge in [0.1, 0.15) is 5.75 Å². The zero-order valence-corrected chi connectivity index (χ0v) is 16.7. The van der Waals surface area contributed by atoms with Crippen molar-refractivity contribution < 1.29 is 14.3 Å². The maximum Gasteiger partial charge on any atom is 0.240 e. The van der Waals surface area contributed by atoms with Crippen LogP contribution in [0.25, 0.3) is 0 Å². The van der Waals surface area contributed by atoms with Gasteiger partial charge in [-0.2, -0.15) is 0 Å². The van der Waals surface area contributed by atoms with Gasteiger partial charge in [-0.1, -0.05) is 23.2 Å². The SMILES string of the molecule is CCN(CC(=O)NC(C)(C)C)C(=O)CCCOc1ccc(Cl)cc1Cl. The topological polar surface area (TPSA) is 58.6 Å². The summed E-state index contributed by atoms with van der Waals surface area (Å²) in [5, 5.41) is 3.83. The molecule has 0 aliphatic rings. The molecule has 140 valence electrons. The summed E-state index contributed by atoms with van der Waals surface area (Å²) in [5.41, 5.74) is -0.314. The van der Waals surface area contributed by atoms with Crippen molar-refractivity contribution in [2.24, 2.45) is 0 Å². The highest BCUT2D eigenvalue weighted by Gasteiger charge is 2.19. The molecule has 1 rings (SSSR count). The number of amides is 2. The standard InChI is InChI=1S/C18H26Cl2N2O3/c1-5-22(12-16(23)21-18(2,3)4)17(24)7-6-10-25-15-9-8-13(19)11-14(15)20/h8-9,11H,5-7,10,12H2,1-4H3,(H,21,23). The van der Waals surface area contributed by atoms with E-state index in [-0.39, 0.29) is 23.9 Å². The Labute approximate surface area is 159 Å². The van der Waals surface area contributed by atoms with Gasteiger partial charge in [-0.3, -0.25) is 9.59 Å². The predicted molar refractivity (Wildman–Crippen MR) is 101 cm³/mol. The van der Waals surface area contributed by atoms with Crippen LogP contribution >= 0.6 is 23.2 Å². The average molecular weight is 389 g/mol. The van der Waals surface area contributed by atoms with E-state index in [9.17, 15) is 9.59 Å². The highest BCUT2D eigenvalue weighted by Crippen LogP contribution is 2.27. The van der Waals surface area contributed by atoms with Crippen molar-refractivity contribution in [1.82, 2.24) is 10.2 Å². The Morgan fingerprint density at radius 3 is 2.48 bits per heavy atom. The summed E-state index contributed by atoms with van der Waals surface area (Å²) in [7, 11) is 0. The number of ether oxygens (including phenoxy) is 1. The van der Waals surface area contributed by atoms with Crippen LogP contribution in [0.4, 0.5) is 0 Å². The highest BCUT2D eigenvalue weighted by molar-refractivity contribution is 6.35. The van der Waals surface area contributed by atoms with Crippen LogP contribution in [-0.4, -0.2) is 41.9 Å². The second-order valence-electron chi connectivity index (χ2n) is 6.73. The Hall–Kier alpha value is -1.46. The Balaban J connectivity index is 2.39. The summed E-state index contributed by atoms with van der Waals surface area (Å²) in [5.74, 6) is 0.305. The maximum atomic E-state index is 12.2. The molecule has 25 heavy (non-hydrogen) atoms. The minimum absolute atomic E-state index is 0.0659. The van der Waals surface area contributed by atoms with E-state index in [4.69, 9.17) is 27.9 Å². The van der Waals surface area contributed by atoms with Gasteiger partial charge in [-0.15, -0.1) is 0 Å². The molecular weight excluding hydrogens is 363 g/mol. The van der Waals surface area contributed by atoms with Crippen LogP contribution in [-0.2, 0) is 9.59 Å². The fourth-order valence-electron chi connectivity index (χ4n) is 2.16. The summed E-state index contributed by atoms with van der Waals surface area (Å²) in [6.07, 6.45) is 0.844. The Bertz CT molecular complexity index is 600. The normalized spacial score (nSPS) is 11.1. The van der Waals surface area contributed by atoms with E-state index < -0.39 is 0 Å². The number of nitrogens with one attached hydrogen (secondary N) is 1. The van der Waals surface area contributed by atoms with Gasteiger partial charge >= 0.3 is 0 Å². The Morgan fingerprint density at radius 1 is 1.24 bits per heavy atom. The molecule has 0 saturated heterocycles. The van der Waals surface area contributed by atoms with Gasteiger partial charge in [-0.05, 0) is 52.3 Å². The lowest BCUT2D eigenvalue weighted by Gasteiger charge is -2.25. The first kappa shape index (κ1) is 21.6. The molecule has 2 amide bonds. The van der Waals surface area contributed by atoms with Gasteiger partial charge in [-0.25, -0.2) is 0 Å². The van der Waals surface area contributed by atoms with Crippen LogP contribution in [0.2, 0.25) is 10.0 Å². The third-order valence-corrected chi connectivity index (χ3v) is 3.80. The van der Waals surface area contributed by atoms with Crippen LogP contribution in [0.5, 0.6) is 5.75 Å². The van der Waals surface area contributed by atoms with Gasteiger partial charge in [0, 0.05) is 23.5 Å². The lowest BCUT2D eigenvalue weighted by atomic mass is 10.1. The smallest absolute Gasteiger partial charge is 0.240 e. The fourth-order valence-corrected chi connectivity index (χ4v) is 2.63. The third kappa shape index (κ3) is 8.45. The molecule has 0 unspecified atom stereocenters. The van der Waals surface area contributed by atoms with E-state index in [1.165, 1.54) is 4.90 Å². The van der Waals surface area contributed by atoms with E-state index in [0.29, 0.717) is 41.8 Å². The molecule has 0 spiro atoms. The molecule has 0 radical (unpaired) electrons. The first-order valence-corrected chi connectivity index (χ1v) is 9.04. The van der Waals surface area contributed by atoms with Crippen LogP contribution in [0.15, 0.2) is 18.2 Å². The van der Waals surface area contributed by atoms with E-state index in [1.54, 1.807) is 18.2 Å². The minimum Gasteiger partial charge on any atom is -0.492 e. The predicted octanol–water partition coefficient (Wildman–Crippen LogP) is 3.92. The van der Waals surface area contributed by atoms with Gasteiger partial charge in [0.25, 0.3) is 0 Å². The molecule has 1 aromatic rings. The third-order valence-electron chi connectivity index (χ3n) is 3.27. The monoisotopic (exact) mass is 388 g/mol. The lowest BCUT2D eigenvalue weighted by Crippen LogP contribution is -2.47. The molecule has 0 heterocycles. The maximum absolute atomic E-state index is 12.2. The van der Waals surface area contributed by atoms with Gasteiger partial charge < -0.3 is 15.0 Å². The number of halogens is 2. The van der Waals surface area contributed by atoms with Crippen LogP contribution in [0.3, 0.4) is 0 Å². The zero-order chi connectivity index (χ0) is 19.0. The molecule has 5 nitrogen and oxygen atoms in total. The van der Waals surface area contributed by atoms with Crippen molar-refractivity contribution >= 4 is 35.0 Å². The van der Waals surface area contributed by atoms with Gasteiger partial charge in [0.15, 0.2) is 0 Å². The van der Waals surface area contributed by atoms with Crippen molar-refractivity contribution in [2.75, 3.05) is 19.7 Å². The molecule has 7 heteroatoms. The van der Waals surface area contributed by atoms with E-state index >= 15 is 0 Å². The largest absolute Gasteiger partial charge is 0.492 e. The number of rotatable bonds is 8. The number of carbonyl (C=O) groups is 2. The van der Waals surface area contributed by atoms with E-state index in [0.717, 1.165) is 0 Å². The summed E-state index contributed by atoms with van der Waals surface area (Å²) in [6, 6.07) is 5.00. The van der Waals surface area contributed by atoms with Crippen molar-refractivity contribution in [3.8, 4) is 5.75 Å². The van der Waals surface area contributed by atoms with Gasteiger partial charge in [0.05, 0.1) is 18.2 Å². The number of benzene rings is 1. The van der Waals surface area contributed by atoms with Crippen LogP contribution in [0, 0.1) is 0 Å². The van der Waals surface area contributed by atoms with Crippen molar-refractivity contribution in [3.63, 3.8) is 0 Å². The molecule has 0 aliphatic carbocycles. The number of nitrogens with zero attached hydrogens (tertiary/aromatic N) is 1. The molecule has 0 fully saturated rings. The molecule has 0 atom stereocenters. The average Bonchev–Trinajstić information content (AvgIpc) is 2.48. The van der Waals surface area contributed by atoms with Gasteiger partial charge in [0.2, 0.25) is 11.8 Å². The molecule has 1 aromatic carbocycles. The zero-order valence-electron chi connectivity index (χ0n) is 15.2. The number of likely N-dealkylation sites (N-methyl/N-ethyl adjacent to an activating group) is 1. The summed E-state index contributed by atoms with van der Waals surface area (Å²) < 4.78 is 5.56. The number of hydrogen-bond donors (Lipinski definition) is 1. The lowest BCUT2D eigenvalue weighted by molar-refractivity contribution is -0.136. The molecule has 0 aliphatic heterocycles. The van der Waals surface area contributed by atoms with Crippen LogP contribution in [0.1, 0.15) is 40.5 Å². The molecule has 0 aromatic heterocycles. The highest BCUT2D eigenvalue weighted by atomic mass is 35.5. The number of hydrogen-bond acceptors (Lipinski definition) is 3.